The van der Waals surface area contributed by atoms with Gasteiger partial charge in [-0.2, -0.15) is 11.3 Å². The van der Waals surface area contributed by atoms with Crippen molar-refractivity contribution in [2.75, 3.05) is 20.3 Å². The molecule has 1 heterocycles. The van der Waals surface area contributed by atoms with Gasteiger partial charge in [0, 0.05) is 13.1 Å². The van der Waals surface area contributed by atoms with Crippen LogP contribution in [0.1, 0.15) is 25.0 Å². The third-order valence-electron chi connectivity index (χ3n) is 3.38. The van der Waals surface area contributed by atoms with Gasteiger partial charge in [-0.3, -0.25) is 0 Å². The summed E-state index contributed by atoms with van der Waals surface area (Å²) >= 11 is 8.00. The van der Waals surface area contributed by atoms with E-state index in [0.29, 0.717) is 29.7 Å². The van der Waals surface area contributed by atoms with Crippen LogP contribution in [0.5, 0.6) is 11.5 Å². The second kappa shape index (κ2) is 12.2. The smallest absolute Gasteiger partial charge is 0.191 e. The minimum atomic E-state index is 0. The summed E-state index contributed by atoms with van der Waals surface area (Å²) in [6, 6.07) is 5.86. The molecule has 0 aliphatic carbocycles. The Labute approximate surface area is 181 Å². The van der Waals surface area contributed by atoms with Crippen LogP contribution in [0.25, 0.3) is 0 Å². The van der Waals surface area contributed by atoms with Crippen molar-refractivity contribution in [3.63, 3.8) is 0 Å². The molecule has 0 spiro atoms. The highest BCUT2D eigenvalue weighted by Gasteiger charge is 2.11. The molecule has 0 amide bonds. The highest BCUT2D eigenvalue weighted by molar-refractivity contribution is 14.0. The Morgan fingerprint density at radius 1 is 1.23 bits per heavy atom. The molecule has 0 aliphatic heterocycles. The standard InChI is InChI=1S/C18H24ClN3O2S.HI/c1-4-20-18(21-10-13-6-7-25-12-13)22-11-14-8-15(19)17(24-5-2)16(9-14)23-3;/h6-9,12H,4-5,10-11H2,1-3H3,(H2,20,21,22);1H. The van der Waals surface area contributed by atoms with Crippen LogP contribution in [0.15, 0.2) is 34.0 Å². The summed E-state index contributed by atoms with van der Waals surface area (Å²) in [7, 11) is 1.60. The summed E-state index contributed by atoms with van der Waals surface area (Å²) in [5.74, 6) is 1.95. The fourth-order valence-electron chi connectivity index (χ4n) is 2.24. The van der Waals surface area contributed by atoms with Crippen LogP contribution in [-0.2, 0) is 13.1 Å². The summed E-state index contributed by atoms with van der Waals surface area (Å²) in [4.78, 5) is 4.62. The average Bonchev–Trinajstić information content (AvgIpc) is 3.13. The molecular weight excluding hydrogens is 485 g/mol. The molecule has 0 unspecified atom stereocenters. The molecule has 5 nitrogen and oxygen atoms in total. The summed E-state index contributed by atoms with van der Waals surface area (Å²) in [6.45, 7) is 6.51. The summed E-state index contributed by atoms with van der Waals surface area (Å²) in [5.41, 5.74) is 2.19. The van der Waals surface area contributed by atoms with Gasteiger partial charge in [0.15, 0.2) is 17.5 Å². The molecule has 0 radical (unpaired) electrons. The van der Waals surface area contributed by atoms with Gasteiger partial charge in [-0.25, -0.2) is 4.99 Å². The Balaban J connectivity index is 0.00000338. The number of methoxy groups -OCH3 is 1. The Morgan fingerprint density at radius 2 is 2.04 bits per heavy atom. The van der Waals surface area contributed by atoms with Crippen LogP contribution in [0.3, 0.4) is 0 Å². The van der Waals surface area contributed by atoms with Crippen molar-refractivity contribution in [3.8, 4) is 11.5 Å². The number of guanidine groups is 1. The second-order valence-corrected chi connectivity index (χ2v) is 6.41. The summed E-state index contributed by atoms with van der Waals surface area (Å²) < 4.78 is 10.9. The predicted octanol–water partition coefficient (Wildman–Crippen LogP) is 4.68. The summed E-state index contributed by atoms with van der Waals surface area (Å²) in [6.07, 6.45) is 0. The first-order chi connectivity index (χ1) is 12.2. The molecule has 8 heteroatoms. The topological polar surface area (TPSA) is 54.9 Å². The molecule has 2 rings (SSSR count). The molecule has 26 heavy (non-hydrogen) atoms. The largest absolute Gasteiger partial charge is 0.493 e. The van der Waals surface area contributed by atoms with Gasteiger partial charge in [-0.05, 0) is 53.9 Å². The van der Waals surface area contributed by atoms with Gasteiger partial charge in [0.25, 0.3) is 0 Å². The van der Waals surface area contributed by atoms with E-state index in [1.807, 2.05) is 26.0 Å². The maximum absolute atomic E-state index is 6.31. The third-order valence-corrected chi connectivity index (χ3v) is 4.39. The molecule has 0 atom stereocenters. The molecule has 0 saturated carbocycles. The first-order valence-corrected chi connectivity index (χ1v) is 9.52. The van der Waals surface area contributed by atoms with Gasteiger partial charge in [0.1, 0.15) is 0 Å². The number of hydrogen-bond acceptors (Lipinski definition) is 4. The number of rotatable bonds is 8. The van der Waals surface area contributed by atoms with Gasteiger partial charge >= 0.3 is 0 Å². The zero-order valence-corrected chi connectivity index (χ0v) is 19.1. The van der Waals surface area contributed by atoms with Gasteiger partial charge in [-0.1, -0.05) is 11.6 Å². The first-order valence-electron chi connectivity index (χ1n) is 8.20. The van der Waals surface area contributed by atoms with Crippen molar-refractivity contribution in [3.05, 3.63) is 45.1 Å². The third kappa shape index (κ3) is 6.85. The zero-order chi connectivity index (χ0) is 18.1. The number of halogens is 2. The van der Waals surface area contributed by atoms with Crippen molar-refractivity contribution in [2.45, 2.75) is 26.9 Å². The zero-order valence-electron chi connectivity index (χ0n) is 15.2. The quantitative estimate of drug-likeness (QED) is 0.308. The maximum Gasteiger partial charge on any atom is 0.191 e. The lowest BCUT2D eigenvalue weighted by atomic mass is 10.2. The highest BCUT2D eigenvalue weighted by atomic mass is 127. The predicted molar refractivity (Wildman–Crippen MR) is 121 cm³/mol. The van der Waals surface area contributed by atoms with Crippen LogP contribution in [-0.4, -0.2) is 26.2 Å². The Hall–Kier alpha value is -1.19. The van der Waals surface area contributed by atoms with Crippen molar-refractivity contribution < 1.29 is 9.47 Å². The van der Waals surface area contributed by atoms with Crippen LogP contribution in [0, 0.1) is 0 Å². The fourth-order valence-corrected chi connectivity index (χ4v) is 3.20. The van der Waals surface area contributed by atoms with Crippen LogP contribution < -0.4 is 20.1 Å². The van der Waals surface area contributed by atoms with E-state index >= 15 is 0 Å². The number of nitrogens with one attached hydrogen (secondary N) is 2. The van der Waals surface area contributed by atoms with E-state index in [0.717, 1.165) is 24.6 Å². The van der Waals surface area contributed by atoms with E-state index in [2.05, 4.69) is 32.5 Å². The van der Waals surface area contributed by atoms with Crippen molar-refractivity contribution in [2.24, 2.45) is 4.99 Å². The monoisotopic (exact) mass is 509 g/mol. The molecule has 2 aromatic rings. The number of hydrogen-bond donors (Lipinski definition) is 2. The number of aliphatic imine (C=N–C) groups is 1. The van der Waals surface area contributed by atoms with Gasteiger partial charge in [0.05, 0.1) is 25.3 Å². The average molecular weight is 510 g/mol. The van der Waals surface area contributed by atoms with Crippen LogP contribution >= 0.6 is 46.9 Å². The van der Waals surface area contributed by atoms with Gasteiger partial charge < -0.3 is 20.1 Å². The lowest BCUT2D eigenvalue weighted by molar-refractivity contribution is 0.311. The molecule has 2 N–H and O–H groups in total. The molecule has 1 aromatic carbocycles. The second-order valence-electron chi connectivity index (χ2n) is 5.22. The number of nitrogens with zero attached hydrogens (tertiary/aromatic N) is 1. The van der Waals surface area contributed by atoms with E-state index < -0.39 is 0 Å². The van der Waals surface area contributed by atoms with Crippen molar-refractivity contribution in [1.29, 1.82) is 0 Å². The van der Waals surface area contributed by atoms with Gasteiger partial charge in [0.2, 0.25) is 0 Å². The van der Waals surface area contributed by atoms with E-state index in [1.165, 1.54) is 5.56 Å². The molecule has 0 aliphatic rings. The lowest BCUT2D eigenvalue weighted by Crippen LogP contribution is -2.36. The highest BCUT2D eigenvalue weighted by Crippen LogP contribution is 2.36. The normalized spacial score (nSPS) is 10.8. The molecule has 1 aromatic heterocycles. The van der Waals surface area contributed by atoms with E-state index in [1.54, 1.807) is 18.4 Å². The van der Waals surface area contributed by atoms with E-state index in [4.69, 9.17) is 21.1 Å². The van der Waals surface area contributed by atoms with Crippen molar-refractivity contribution in [1.82, 2.24) is 10.6 Å². The Bertz CT molecular complexity index is 696. The first kappa shape index (κ1) is 22.9. The number of benzene rings is 1. The lowest BCUT2D eigenvalue weighted by Gasteiger charge is -2.13. The van der Waals surface area contributed by atoms with Crippen LogP contribution in [0.4, 0.5) is 0 Å². The maximum atomic E-state index is 6.31. The van der Waals surface area contributed by atoms with Crippen molar-refractivity contribution >= 4 is 52.9 Å². The minimum absolute atomic E-state index is 0. The fraction of sp³-hybridized carbons (Fsp3) is 0.389. The molecule has 0 saturated heterocycles. The molecule has 0 bridgehead atoms. The Morgan fingerprint density at radius 3 is 2.65 bits per heavy atom. The van der Waals surface area contributed by atoms with E-state index in [9.17, 15) is 0 Å². The summed E-state index contributed by atoms with van der Waals surface area (Å²) in [5, 5.41) is 11.3. The Kier molecular flexibility index (Phi) is 10.8. The molecular formula is C18H25ClIN3O2S. The number of thiophene rings is 1. The molecule has 144 valence electrons. The van der Waals surface area contributed by atoms with Gasteiger partial charge in [-0.15, -0.1) is 24.0 Å². The van der Waals surface area contributed by atoms with Crippen LogP contribution in [0.2, 0.25) is 5.02 Å². The molecule has 0 fully saturated rings. The van der Waals surface area contributed by atoms with E-state index in [-0.39, 0.29) is 24.0 Å². The number of ether oxygens (including phenoxy) is 2. The minimum Gasteiger partial charge on any atom is -0.493 e. The SMILES string of the molecule is CCNC(=NCc1cc(Cl)c(OCC)c(OC)c1)NCc1ccsc1.I.